The predicted molar refractivity (Wildman–Crippen MR) is 77.9 cm³/mol. The summed E-state index contributed by atoms with van der Waals surface area (Å²) in [7, 11) is 0. The summed E-state index contributed by atoms with van der Waals surface area (Å²) in [4.78, 5) is 12.3. The van der Waals surface area contributed by atoms with Crippen molar-refractivity contribution in [3.05, 3.63) is 70.0 Å². The molecule has 1 aliphatic rings. The molecule has 0 aliphatic heterocycles. The van der Waals surface area contributed by atoms with Crippen molar-refractivity contribution in [2.24, 2.45) is 0 Å². The van der Waals surface area contributed by atoms with Crippen LogP contribution in [0.2, 0.25) is 5.02 Å². The van der Waals surface area contributed by atoms with Crippen LogP contribution in [0.4, 0.5) is 4.39 Å². The molecule has 0 atom stereocenters. The Hall–Kier alpha value is -1.67. The number of benzene rings is 2. The lowest BCUT2D eigenvalue weighted by Crippen LogP contribution is -2.09. The second-order valence-electron chi connectivity index (χ2n) is 5.20. The summed E-state index contributed by atoms with van der Waals surface area (Å²) in [5.74, 6) is 0.0376. The Morgan fingerprint density at radius 2 is 1.80 bits per heavy atom. The average molecular weight is 289 g/mol. The summed E-state index contributed by atoms with van der Waals surface area (Å²) >= 11 is 5.93. The van der Waals surface area contributed by atoms with Crippen LogP contribution < -0.4 is 0 Å². The quantitative estimate of drug-likeness (QED) is 0.728. The van der Waals surface area contributed by atoms with E-state index < -0.39 is 5.82 Å². The fourth-order valence-electron chi connectivity index (χ4n) is 2.48. The zero-order valence-electron chi connectivity index (χ0n) is 10.9. The Balaban J connectivity index is 1.86. The van der Waals surface area contributed by atoms with E-state index >= 15 is 0 Å². The van der Waals surface area contributed by atoms with Gasteiger partial charge in [-0.2, -0.15) is 0 Å². The van der Waals surface area contributed by atoms with E-state index in [1.54, 1.807) is 0 Å². The van der Waals surface area contributed by atoms with Crippen molar-refractivity contribution in [1.29, 1.82) is 0 Å². The molecule has 0 spiro atoms. The normalized spacial score (nSPS) is 14.9. The fourth-order valence-corrected chi connectivity index (χ4v) is 2.73. The van der Waals surface area contributed by atoms with Crippen molar-refractivity contribution in [1.82, 2.24) is 0 Å². The van der Waals surface area contributed by atoms with E-state index in [2.05, 4.69) is 0 Å². The first-order chi connectivity index (χ1) is 9.65. The SMILES string of the molecule is O=C(c1ccc(C2CCC2)cc1)c1ccc(F)cc1Cl. The summed E-state index contributed by atoms with van der Waals surface area (Å²) in [5, 5.41) is 0.151. The van der Waals surface area contributed by atoms with E-state index in [0.717, 1.165) is 6.07 Å². The van der Waals surface area contributed by atoms with Gasteiger partial charge in [-0.25, -0.2) is 4.39 Å². The van der Waals surface area contributed by atoms with Gasteiger partial charge in [-0.15, -0.1) is 0 Å². The first-order valence-corrected chi connectivity index (χ1v) is 7.12. The highest BCUT2D eigenvalue weighted by Gasteiger charge is 2.20. The molecule has 0 heterocycles. The van der Waals surface area contributed by atoms with E-state index in [0.29, 0.717) is 17.0 Å². The lowest BCUT2D eigenvalue weighted by atomic mass is 9.80. The van der Waals surface area contributed by atoms with Crippen molar-refractivity contribution in [3.63, 3.8) is 0 Å². The molecule has 0 saturated heterocycles. The van der Waals surface area contributed by atoms with Crippen LogP contribution in [0.1, 0.15) is 46.7 Å². The monoisotopic (exact) mass is 288 g/mol. The topological polar surface area (TPSA) is 17.1 Å². The standard InChI is InChI=1S/C17H14ClFO/c18-16-10-14(19)8-9-15(16)17(20)13-6-4-12(5-7-13)11-2-1-3-11/h4-11H,1-3H2. The molecule has 3 rings (SSSR count). The molecule has 0 unspecified atom stereocenters. The number of hydrogen-bond acceptors (Lipinski definition) is 1. The molecule has 1 aliphatic carbocycles. The highest BCUT2D eigenvalue weighted by atomic mass is 35.5. The van der Waals surface area contributed by atoms with Gasteiger partial charge in [0, 0.05) is 11.1 Å². The van der Waals surface area contributed by atoms with E-state index in [1.807, 2.05) is 24.3 Å². The van der Waals surface area contributed by atoms with Gasteiger partial charge in [0.1, 0.15) is 5.82 Å². The maximum atomic E-state index is 13.0. The molecule has 2 aromatic carbocycles. The van der Waals surface area contributed by atoms with Gasteiger partial charge in [0.2, 0.25) is 0 Å². The smallest absolute Gasteiger partial charge is 0.194 e. The second kappa shape index (κ2) is 5.37. The molecule has 0 N–H and O–H groups in total. The first kappa shape index (κ1) is 13.3. The number of hydrogen-bond donors (Lipinski definition) is 0. The van der Waals surface area contributed by atoms with Gasteiger partial charge in [-0.1, -0.05) is 42.3 Å². The third-order valence-electron chi connectivity index (χ3n) is 3.93. The molecular formula is C17H14ClFO. The molecule has 0 radical (unpaired) electrons. The van der Waals surface area contributed by atoms with Crippen LogP contribution in [0.15, 0.2) is 42.5 Å². The summed E-state index contributed by atoms with van der Waals surface area (Å²) in [6.07, 6.45) is 3.75. The van der Waals surface area contributed by atoms with Gasteiger partial charge >= 0.3 is 0 Å². The number of carbonyl (C=O) groups excluding carboxylic acids is 1. The molecule has 1 saturated carbocycles. The molecular weight excluding hydrogens is 275 g/mol. The zero-order chi connectivity index (χ0) is 14.1. The molecule has 3 heteroatoms. The van der Waals surface area contributed by atoms with Gasteiger partial charge in [0.15, 0.2) is 5.78 Å². The van der Waals surface area contributed by atoms with Crippen molar-refractivity contribution in [2.45, 2.75) is 25.2 Å². The van der Waals surface area contributed by atoms with Crippen molar-refractivity contribution >= 4 is 17.4 Å². The number of ketones is 1. The second-order valence-corrected chi connectivity index (χ2v) is 5.61. The van der Waals surface area contributed by atoms with E-state index in [-0.39, 0.29) is 10.8 Å². The van der Waals surface area contributed by atoms with Crippen LogP contribution in [-0.4, -0.2) is 5.78 Å². The van der Waals surface area contributed by atoms with E-state index in [1.165, 1.54) is 37.0 Å². The minimum absolute atomic E-state index is 0.151. The Morgan fingerprint density at radius 1 is 1.10 bits per heavy atom. The van der Waals surface area contributed by atoms with Gasteiger partial charge in [0.05, 0.1) is 5.02 Å². The summed E-state index contributed by atoms with van der Waals surface area (Å²) < 4.78 is 13.0. The summed E-state index contributed by atoms with van der Waals surface area (Å²) in [6, 6.07) is 11.5. The van der Waals surface area contributed by atoms with Crippen LogP contribution in [0.5, 0.6) is 0 Å². The number of halogens is 2. The lowest BCUT2D eigenvalue weighted by Gasteiger charge is -2.25. The van der Waals surface area contributed by atoms with Crippen molar-refractivity contribution < 1.29 is 9.18 Å². The molecule has 1 fully saturated rings. The molecule has 20 heavy (non-hydrogen) atoms. The van der Waals surface area contributed by atoms with Gasteiger partial charge < -0.3 is 0 Å². The summed E-state index contributed by atoms with van der Waals surface area (Å²) in [5.41, 5.74) is 2.21. The molecule has 0 aromatic heterocycles. The molecule has 102 valence electrons. The summed E-state index contributed by atoms with van der Waals surface area (Å²) in [6.45, 7) is 0. The Bertz CT molecular complexity index is 645. The Labute approximate surface area is 122 Å². The lowest BCUT2D eigenvalue weighted by molar-refractivity contribution is 0.103. The molecule has 1 nitrogen and oxygen atoms in total. The molecule has 0 bridgehead atoms. The van der Waals surface area contributed by atoms with Crippen LogP contribution in [-0.2, 0) is 0 Å². The van der Waals surface area contributed by atoms with Crippen molar-refractivity contribution in [3.8, 4) is 0 Å². The minimum Gasteiger partial charge on any atom is -0.289 e. The number of rotatable bonds is 3. The van der Waals surface area contributed by atoms with Crippen LogP contribution >= 0.6 is 11.6 Å². The molecule has 2 aromatic rings. The fraction of sp³-hybridized carbons (Fsp3) is 0.235. The van der Waals surface area contributed by atoms with Gasteiger partial charge in [0.25, 0.3) is 0 Å². The van der Waals surface area contributed by atoms with Crippen molar-refractivity contribution in [2.75, 3.05) is 0 Å². The zero-order valence-corrected chi connectivity index (χ0v) is 11.7. The van der Waals surface area contributed by atoms with Crippen LogP contribution in [0.25, 0.3) is 0 Å². The highest BCUT2D eigenvalue weighted by Crippen LogP contribution is 2.36. The third-order valence-corrected chi connectivity index (χ3v) is 4.24. The third kappa shape index (κ3) is 2.48. The Morgan fingerprint density at radius 3 is 2.35 bits per heavy atom. The number of carbonyl (C=O) groups is 1. The van der Waals surface area contributed by atoms with Gasteiger partial charge in [-0.05, 0) is 42.5 Å². The Kier molecular flexibility index (Phi) is 3.58. The first-order valence-electron chi connectivity index (χ1n) is 6.75. The van der Waals surface area contributed by atoms with Gasteiger partial charge in [-0.3, -0.25) is 4.79 Å². The van der Waals surface area contributed by atoms with Crippen LogP contribution in [0.3, 0.4) is 0 Å². The highest BCUT2D eigenvalue weighted by molar-refractivity contribution is 6.35. The maximum Gasteiger partial charge on any atom is 0.194 e. The maximum absolute atomic E-state index is 13.0. The largest absolute Gasteiger partial charge is 0.289 e. The predicted octanol–water partition coefficient (Wildman–Crippen LogP) is 4.98. The van der Waals surface area contributed by atoms with E-state index in [4.69, 9.17) is 11.6 Å². The molecule has 0 amide bonds. The minimum atomic E-state index is -0.438. The van der Waals surface area contributed by atoms with E-state index in [9.17, 15) is 9.18 Å². The average Bonchev–Trinajstić information content (AvgIpc) is 2.37. The van der Waals surface area contributed by atoms with Crippen LogP contribution in [0, 0.1) is 5.82 Å².